The monoisotopic (exact) mass is 356 g/mol. The largest absolute Gasteiger partial charge is 0.495 e. The van der Waals surface area contributed by atoms with Crippen LogP contribution in [-0.2, 0) is 0 Å². The van der Waals surface area contributed by atoms with Crippen molar-refractivity contribution >= 4 is 23.0 Å². The number of allylic oxidation sites excluding steroid dienone is 2. The zero-order valence-electron chi connectivity index (χ0n) is 13.6. The van der Waals surface area contributed by atoms with Gasteiger partial charge in [0, 0.05) is 28.6 Å². The lowest BCUT2D eigenvalue weighted by Crippen LogP contribution is -2.29. The molecule has 0 spiro atoms. The first-order valence-electron chi connectivity index (χ1n) is 8.14. The molecule has 1 heterocycles. The van der Waals surface area contributed by atoms with Crippen molar-refractivity contribution in [2.24, 2.45) is 5.92 Å². The number of nitrogens with zero attached hydrogens (tertiary/aromatic N) is 1. The molecule has 1 N–H and O–H groups in total. The summed E-state index contributed by atoms with van der Waals surface area (Å²) in [6.07, 6.45) is 5.32. The molecule has 0 saturated heterocycles. The minimum atomic E-state index is -0.379. The fraction of sp³-hybridized carbons (Fsp3) is 0.263. The minimum Gasteiger partial charge on any atom is -0.495 e. The SMILES string of the molecule is COc1ccc(Cl)c2c1N[C@@H](c1ccc([N+](=O)[O-])cc1)[C@@H]1CC=C[C@H]21. The summed E-state index contributed by atoms with van der Waals surface area (Å²) in [7, 11) is 1.64. The van der Waals surface area contributed by atoms with Crippen molar-refractivity contribution in [3.05, 3.63) is 74.8 Å². The highest BCUT2D eigenvalue weighted by Gasteiger charge is 2.40. The Labute approximate surface area is 150 Å². The second-order valence-corrected chi connectivity index (χ2v) is 6.77. The molecule has 1 aliphatic carbocycles. The third kappa shape index (κ3) is 2.55. The molecular weight excluding hydrogens is 340 g/mol. The van der Waals surface area contributed by atoms with Gasteiger partial charge >= 0.3 is 0 Å². The van der Waals surface area contributed by atoms with Crippen LogP contribution >= 0.6 is 11.6 Å². The van der Waals surface area contributed by atoms with Crippen molar-refractivity contribution in [2.45, 2.75) is 18.4 Å². The molecule has 0 aromatic heterocycles. The molecular formula is C19H17ClN2O3. The normalized spacial score (nSPS) is 23.5. The van der Waals surface area contributed by atoms with Crippen LogP contribution < -0.4 is 10.1 Å². The lowest BCUT2D eigenvalue weighted by molar-refractivity contribution is -0.384. The molecule has 0 unspecified atom stereocenters. The van der Waals surface area contributed by atoms with Crippen molar-refractivity contribution in [3.63, 3.8) is 0 Å². The van der Waals surface area contributed by atoms with Gasteiger partial charge in [0.2, 0.25) is 0 Å². The third-order valence-electron chi connectivity index (χ3n) is 5.11. The molecule has 2 aromatic carbocycles. The average molecular weight is 357 g/mol. The van der Waals surface area contributed by atoms with Crippen LogP contribution in [0.3, 0.4) is 0 Å². The number of methoxy groups -OCH3 is 1. The zero-order valence-corrected chi connectivity index (χ0v) is 14.4. The summed E-state index contributed by atoms with van der Waals surface area (Å²) >= 11 is 6.48. The molecule has 25 heavy (non-hydrogen) atoms. The molecule has 5 nitrogen and oxygen atoms in total. The summed E-state index contributed by atoms with van der Waals surface area (Å²) in [6.45, 7) is 0. The number of nitro groups is 1. The fourth-order valence-electron chi connectivity index (χ4n) is 3.94. The molecule has 0 bridgehead atoms. The van der Waals surface area contributed by atoms with Gasteiger partial charge in [-0.25, -0.2) is 0 Å². The average Bonchev–Trinajstić information content (AvgIpc) is 3.11. The molecule has 0 amide bonds. The second kappa shape index (κ2) is 6.08. The van der Waals surface area contributed by atoms with Gasteiger partial charge in [0.1, 0.15) is 5.75 Å². The van der Waals surface area contributed by atoms with E-state index in [2.05, 4.69) is 17.5 Å². The Morgan fingerprint density at radius 2 is 2.00 bits per heavy atom. The predicted molar refractivity (Wildman–Crippen MR) is 97.5 cm³/mol. The van der Waals surface area contributed by atoms with Crippen LogP contribution in [0.25, 0.3) is 0 Å². The maximum absolute atomic E-state index is 10.9. The molecule has 0 fully saturated rings. The number of fused-ring (bicyclic) bond motifs is 3. The topological polar surface area (TPSA) is 64.4 Å². The van der Waals surface area contributed by atoms with Gasteiger partial charge < -0.3 is 10.1 Å². The zero-order chi connectivity index (χ0) is 17.6. The van der Waals surface area contributed by atoms with E-state index in [0.717, 1.165) is 34.0 Å². The van der Waals surface area contributed by atoms with E-state index in [0.29, 0.717) is 5.92 Å². The summed E-state index contributed by atoms with van der Waals surface area (Å²) in [6, 6.07) is 10.5. The lowest BCUT2D eigenvalue weighted by Gasteiger charge is -2.38. The Bertz CT molecular complexity index is 864. The number of non-ortho nitro benzene ring substituents is 1. The molecule has 2 aromatic rings. The van der Waals surface area contributed by atoms with Gasteiger partial charge in [-0.3, -0.25) is 10.1 Å². The second-order valence-electron chi connectivity index (χ2n) is 6.36. The Balaban J connectivity index is 1.79. The number of hydrogen-bond donors (Lipinski definition) is 1. The number of nitrogens with one attached hydrogen (secondary N) is 1. The van der Waals surface area contributed by atoms with Crippen molar-refractivity contribution in [1.29, 1.82) is 0 Å². The van der Waals surface area contributed by atoms with Gasteiger partial charge in [0.25, 0.3) is 5.69 Å². The molecule has 3 atom stereocenters. The van der Waals surface area contributed by atoms with Crippen molar-refractivity contribution < 1.29 is 9.66 Å². The highest BCUT2D eigenvalue weighted by atomic mass is 35.5. The van der Waals surface area contributed by atoms with Gasteiger partial charge in [0.15, 0.2) is 0 Å². The van der Waals surface area contributed by atoms with Gasteiger partial charge in [0.05, 0.1) is 23.8 Å². The van der Waals surface area contributed by atoms with E-state index in [9.17, 15) is 10.1 Å². The molecule has 4 rings (SSSR count). The molecule has 128 valence electrons. The first kappa shape index (κ1) is 16.0. The molecule has 1 aliphatic heterocycles. The Kier molecular flexibility index (Phi) is 3.88. The number of halogens is 1. The summed E-state index contributed by atoms with van der Waals surface area (Å²) in [5, 5.41) is 15.2. The van der Waals surface area contributed by atoms with Crippen LogP contribution in [0.1, 0.15) is 29.5 Å². The maximum Gasteiger partial charge on any atom is 0.269 e. The lowest BCUT2D eigenvalue weighted by atomic mass is 9.77. The van der Waals surface area contributed by atoms with Crippen LogP contribution in [0.15, 0.2) is 48.6 Å². The van der Waals surface area contributed by atoms with E-state index < -0.39 is 0 Å². The Hall–Kier alpha value is -2.53. The van der Waals surface area contributed by atoms with E-state index in [1.807, 2.05) is 24.3 Å². The summed E-state index contributed by atoms with van der Waals surface area (Å²) < 4.78 is 5.52. The Morgan fingerprint density at radius 1 is 1.24 bits per heavy atom. The van der Waals surface area contributed by atoms with Crippen molar-refractivity contribution in [2.75, 3.05) is 12.4 Å². The highest BCUT2D eigenvalue weighted by molar-refractivity contribution is 6.32. The number of benzene rings is 2. The highest BCUT2D eigenvalue weighted by Crippen LogP contribution is 2.54. The molecule has 2 aliphatic rings. The molecule has 0 saturated carbocycles. The number of anilines is 1. The van der Waals surface area contributed by atoms with E-state index in [1.54, 1.807) is 19.2 Å². The van der Waals surface area contributed by atoms with Crippen LogP contribution in [0.4, 0.5) is 11.4 Å². The number of nitro benzene ring substituents is 1. The number of hydrogen-bond acceptors (Lipinski definition) is 4. The molecule has 6 heteroatoms. The van der Waals surface area contributed by atoms with Crippen LogP contribution in [0.5, 0.6) is 5.75 Å². The van der Waals surface area contributed by atoms with Crippen LogP contribution in [0, 0.1) is 16.0 Å². The van der Waals surface area contributed by atoms with Gasteiger partial charge in [-0.15, -0.1) is 0 Å². The van der Waals surface area contributed by atoms with E-state index in [-0.39, 0.29) is 22.6 Å². The third-order valence-corrected chi connectivity index (χ3v) is 5.44. The minimum absolute atomic E-state index is 0.0423. The number of ether oxygens (including phenoxy) is 1. The first-order chi connectivity index (χ1) is 12.1. The Morgan fingerprint density at radius 3 is 2.68 bits per heavy atom. The predicted octanol–water partition coefficient (Wildman–Crippen LogP) is 5.08. The van der Waals surface area contributed by atoms with Crippen molar-refractivity contribution in [1.82, 2.24) is 0 Å². The van der Waals surface area contributed by atoms with Crippen LogP contribution in [0.2, 0.25) is 5.02 Å². The smallest absolute Gasteiger partial charge is 0.269 e. The quantitative estimate of drug-likeness (QED) is 0.473. The summed E-state index contributed by atoms with van der Waals surface area (Å²) in [5.74, 6) is 1.28. The standard InChI is InChI=1S/C19H17ClN2O3/c1-25-16-10-9-15(20)17-13-3-2-4-14(13)18(21-19(16)17)11-5-7-12(8-6-11)22(23)24/h2-3,5-10,13-14,18,21H,4H2,1H3/t13-,14+,18-/m0/s1. The van der Waals surface area contributed by atoms with Crippen LogP contribution in [-0.4, -0.2) is 12.0 Å². The fourth-order valence-corrected chi connectivity index (χ4v) is 4.22. The van der Waals surface area contributed by atoms with E-state index in [1.165, 1.54) is 0 Å². The number of rotatable bonds is 3. The summed E-state index contributed by atoms with van der Waals surface area (Å²) in [4.78, 5) is 10.5. The first-order valence-corrected chi connectivity index (χ1v) is 8.52. The van der Waals surface area contributed by atoms with Gasteiger partial charge in [-0.2, -0.15) is 0 Å². The molecule has 0 radical (unpaired) electrons. The van der Waals surface area contributed by atoms with E-state index in [4.69, 9.17) is 16.3 Å². The maximum atomic E-state index is 10.9. The van der Waals surface area contributed by atoms with Gasteiger partial charge in [-0.05, 0) is 30.0 Å². The van der Waals surface area contributed by atoms with Gasteiger partial charge in [-0.1, -0.05) is 35.9 Å². The van der Waals surface area contributed by atoms with E-state index >= 15 is 0 Å². The summed E-state index contributed by atoms with van der Waals surface area (Å²) in [5.41, 5.74) is 3.10. The van der Waals surface area contributed by atoms with Crippen molar-refractivity contribution in [3.8, 4) is 5.75 Å².